The van der Waals surface area contributed by atoms with Crippen LogP contribution in [0.15, 0.2) is 152 Å². The number of benzene rings is 4. The summed E-state index contributed by atoms with van der Waals surface area (Å²) >= 11 is 0. The molecule has 1 aliphatic heterocycles. The summed E-state index contributed by atoms with van der Waals surface area (Å²) in [6, 6.07) is 52.0. The molecule has 7 aromatic rings. The van der Waals surface area contributed by atoms with E-state index >= 15 is 0 Å². The predicted octanol–water partition coefficient (Wildman–Crippen LogP) is 8.38. The third kappa shape index (κ3) is 5.77. The van der Waals surface area contributed by atoms with E-state index in [0.29, 0.717) is 0 Å². The van der Waals surface area contributed by atoms with Gasteiger partial charge in [0.2, 0.25) is 0 Å². The maximum absolute atomic E-state index is 5.53. The number of para-hydroxylation sites is 2. The van der Waals surface area contributed by atoms with Crippen LogP contribution in [0, 0.1) is 0 Å². The molecule has 236 valence electrons. The summed E-state index contributed by atoms with van der Waals surface area (Å²) in [5.41, 5.74) is 7.62. The first kappa shape index (κ1) is 31.7. The zero-order valence-electron chi connectivity index (χ0n) is 27.0. The van der Waals surface area contributed by atoms with E-state index in [1.165, 1.54) is 21.5 Å². The molecule has 0 bridgehead atoms. The first-order chi connectivity index (χ1) is 23.1. The van der Waals surface area contributed by atoms with E-state index in [0.717, 1.165) is 58.0 Å². The van der Waals surface area contributed by atoms with Crippen molar-refractivity contribution in [1.82, 2.24) is 15.0 Å². The third-order valence-corrected chi connectivity index (χ3v) is 12.7. The van der Waals surface area contributed by atoms with Crippen molar-refractivity contribution in [3.63, 3.8) is 0 Å². The third-order valence-electron chi connectivity index (χ3n) is 9.33. The van der Waals surface area contributed by atoms with Gasteiger partial charge in [-0.2, -0.15) is 0 Å². The van der Waals surface area contributed by atoms with Crippen LogP contribution >= 0.6 is 0 Å². The summed E-state index contributed by atoms with van der Waals surface area (Å²) in [4.78, 5) is 18.0. The first-order valence-electron chi connectivity index (χ1n) is 16.3. The molecule has 0 atom stereocenters. The Morgan fingerprint density at radius 1 is 0.604 bits per heavy atom. The second-order valence-electron chi connectivity index (χ2n) is 12.6. The molecule has 2 radical (unpaired) electrons. The monoisotopic (exact) mass is 682 g/mol. The zero-order valence-corrected chi connectivity index (χ0v) is 29.0. The van der Waals surface area contributed by atoms with Crippen LogP contribution in [0.2, 0.25) is 0 Å². The van der Waals surface area contributed by atoms with Crippen LogP contribution in [0.1, 0.15) is 30.7 Å². The first-order valence-corrected chi connectivity index (χ1v) is 17.8. The molecular weight excluding hydrogens is 648 g/mol. The number of hydrogen-bond donors (Lipinski definition) is 0. The van der Waals surface area contributed by atoms with Crippen LogP contribution in [-0.2, 0) is 34.7 Å². The molecule has 0 saturated carbocycles. The van der Waals surface area contributed by atoms with Gasteiger partial charge in [-0.3, -0.25) is 9.88 Å². The second kappa shape index (κ2) is 13.3. The van der Waals surface area contributed by atoms with Gasteiger partial charge in [-0.1, -0.05) is 139 Å². The Labute approximate surface area is 294 Å². The van der Waals surface area contributed by atoms with E-state index in [1.807, 2.05) is 12.3 Å². The molecule has 0 saturated heterocycles. The molecule has 1 aliphatic rings. The summed E-state index contributed by atoms with van der Waals surface area (Å²) in [6.07, 6.45) is 3.71. The number of anilines is 3. The van der Waals surface area contributed by atoms with Crippen LogP contribution in [-0.4, -0.2) is 23.7 Å². The Hall–Kier alpha value is -4.89. The molecule has 3 aromatic heterocycles. The van der Waals surface area contributed by atoms with Crippen molar-refractivity contribution >= 4 is 47.4 Å². The Bertz CT molecular complexity index is 2160. The number of nitrogens with zero attached hydrogens (tertiary/aromatic N) is 4. The van der Waals surface area contributed by atoms with E-state index in [4.69, 9.17) is 15.0 Å². The van der Waals surface area contributed by atoms with E-state index in [1.54, 1.807) is 0 Å². The number of aromatic nitrogens is 3. The van der Waals surface area contributed by atoms with Crippen molar-refractivity contribution in [2.45, 2.75) is 31.7 Å². The van der Waals surface area contributed by atoms with Crippen LogP contribution in [0.25, 0.3) is 22.2 Å². The van der Waals surface area contributed by atoms with Crippen LogP contribution in [0.3, 0.4) is 0 Å². The molecule has 8 rings (SSSR count). The summed E-state index contributed by atoms with van der Waals surface area (Å²) in [5.74, 6) is 1.81. The Morgan fingerprint density at radius 2 is 1.27 bits per heavy atom. The number of pyridine rings is 3. The minimum Gasteiger partial charge on any atom is -0.278 e. The molecule has 4 nitrogen and oxygen atoms in total. The molecule has 4 heterocycles. The van der Waals surface area contributed by atoms with Gasteiger partial charge in [-0.25, -0.2) is 9.97 Å². The predicted molar refractivity (Wildman–Crippen MR) is 196 cm³/mol. The van der Waals surface area contributed by atoms with Gasteiger partial charge in [0.1, 0.15) is 20.4 Å². The second-order valence-corrected chi connectivity index (χ2v) is 15.8. The fourth-order valence-corrected chi connectivity index (χ4v) is 10.2. The fraction of sp³-hybridized carbons (Fsp3) is 0.119. The number of hydrogen-bond acceptors (Lipinski definition) is 4. The molecule has 0 unspecified atom stereocenters. The average Bonchev–Trinajstić information content (AvgIpc) is 3.29. The number of fused-ring (bicyclic) bond motifs is 3. The summed E-state index contributed by atoms with van der Waals surface area (Å²) < 4.78 is 0. The van der Waals surface area contributed by atoms with Crippen molar-refractivity contribution in [2.24, 2.45) is 0 Å². The van der Waals surface area contributed by atoms with E-state index in [-0.39, 0.29) is 21.8 Å². The SMILES string of the molecule is CC(C)(c1cccc(N2c3ccccc3CCc3ccc(-c4cccc5cccnc45)nc32)n1)[Si](c1ccccc1)c1ccccc1.[Co]. The Balaban J connectivity index is 0.00000364. The molecule has 4 aromatic carbocycles. The minimum atomic E-state index is -1.27. The van der Waals surface area contributed by atoms with Gasteiger partial charge in [0, 0.05) is 44.7 Å². The molecule has 0 fully saturated rings. The fourth-order valence-electron chi connectivity index (χ4n) is 7.00. The maximum Gasteiger partial charge on any atom is 0.142 e. The van der Waals surface area contributed by atoms with Crippen LogP contribution in [0.5, 0.6) is 0 Å². The van der Waals surface area contributed by atoms with Crippen molar-refractivity contribution in [3.8, 4) is 11.3 Å². The summed E-state index contributed by atoms with van der Waals surface area (Å²) in [7, 11) is -1.27. The molecule has 0 aliphatic carbocycles. The van der Waals surface area contributed by atoms with Gasteiger partial charge in [-0.15, -0.1) is 0 Å². The average molecular weight is 683 g/mol. The van der Waals surface area contributed by atoms with Crippen molar-refractivity contribution in [2.75, 3.05) is 4.90 Å². The molecule has 0 amide bonds. The Kier molecular flexibility index (Phi) is 8.79. The van der Waals surface area contributed by atoms with E-state index < -0.39 is 8.80 Å². The topological polar surface area (TPSA) is 41.9 Å². The van der Waals surface area contributed by atoms with E-state index in [2.05, 4.69) is 158 Å². The van der Waals surface area contributed by atoms with Crippen molar-refractivity contribution in [1.29, 1.82) is 0 Å². The molecule has 6 heteroatoms. The summed E-state index contributed by atoms with van der Waals surface area (Å²) in [6.45, 7) is 4.73. The zero-order chi connectivity index (χ0) is 31.8. The summed E-state index contributed by atoms with van der Waals surface area (Å²) in [5, 5.41) is 3.64. The minimum absolute atomic E-state index is 0. The van der Waals surface area contributed by atoms with Gasteiger partial charge >= 0.3 is 0 Å². The van der Waals surface area contributed by atoms with Gasteiger partial charge in [-0.05, 0) is 54.3 Å². The molecule has 0 spiro atoms. The maximum atomic E-state index is 5.53. The number of rotatable bonds is 6. The van der Waals surface area contributed by atoms with Crippen LogP contribution < -0.4 is 15.3 Å². The van der Waals surface area contributed by atoms with Gasteiger partial charge < -0.3 is 0 Å². The van der Waals surface area contributed by atoms with Gasteiger partial charge in [0.05, 0.1) is 16.9 Å². The normalized spacial score (nSPS) is 12.6. The quantitative estimate of drug-likeness (QED) is 0.165. The van der Waals surface area contributed by atoms with Crippen LogP contribution in [0.4, 0.5) is 17.3 Å². The molecular formula is C42H35CoN4Si. The number of aryl methyl sites for hydroxylation is 2. The van der Waals surface area contributed by atoms with Gasteiger partial charge in [0.25, 0.3) is 0 Å². The van der Waals surface area contributed by atoms with Crippen molar-refractivity contribution in [3.05, 3.63) is 169 Å². The van der Waals surface area contributed by atoms with E-state index in [9.17, 15) is 0 Å². The Morgan fingerprint density at radius 3 is 2.04 bits per heavy atom. The van der Waals surface area contributed by atoms with Crippen molar-refractivity contribution < 1.29 is 16.8 Å². The smallest absolute Gasteiger partial charge is 0.142 e. The van der Waals surface area contributed by atoms with Gasteiger partial charge in [0.15, 0.2) is 0 Å². The largest absolute Gasteiger partial charge is 0.278 e. The molecule has 0 N–H and O–H groups in total. The standard InChI is InChI=1S/C42H35N4Si.Co/c1-42(2,47(33-17-5-3-6-18-33)34-19-7-4-8-20-34)38-23-12-24-39(45-38)46-37-22-10-9-14-30(37)25-26-32-27-28-36(44-41(32)46)35-21-11-15-31-16-13-29-43-40(31)35;/h3-24,27-29H,25-26H2,1-2H3;. The molecule has 48 heavy (non-hydrogen) atoms.